The van der Waals surface area contributed by atoms with Crippen LogP contribution in [0.2, 0.25) is 0 Å². The minimum Gasteiger partial charge on any atom is -0.455 e. The Morgan fingerprint density at radius 3 is 1.75 bits per heavy atom. The number of rotatable bonds is 3. The molecule has 0 amide bonds. The fourth-order valence-corrected chi connectivity index (χ4v) is 8.87. The van der Waals surface area contributed by atoms with E-state index in [1.54, 1.807) is 0 Å². The van der Waals surface area contributed by atoms with Crippen molar-refractivity contribution in [3.8, 4) is 33.4 Å². The first-order valence-electron chi connectivity index (χ1n) is 17.9. The van der Waals surface area contributed by atoms with Crippen LogP contribution in [0.1, 0.15) is 17.5 Å². The third-order valence-electron chi connectivity index (χ3n) is 11.1. The summed E-state index contributed by atoms with van der Waals surface area (Å²) in [6, 6.07) is 58.0. The van der Waals surface area contributed by atoms with Gasteiger partial charge >= 0.3 is 0 Å². The number of hydrogen-bond donors (Lipinski definition) is 0. The first kappa shape index (κ1) is 28.4. The van der Waals surface area contributed by atoms with Gasteiger partial charge < -0.3 is 4.42 Å². The van der Waals surface area contributed by atoms with Crippen molar-refractivity contribution in [1.29, 1.82) is 0 Å². The average Bonchev–Trinajstić information content (AvgIpc) is 3.56. The SMILES string of the molecule is C1=Cc2c(cc3c(oc4ccccc43)c2-c2cccc(-c3c4ccccc4c(-c4cc5ccccc5c5ccccc45)c4ccccc34)c2)CC1. The first-order valence-corrected chi connectivity index (χ1v) is 17.9. The number of hydrogen-bond acceptors (Lipinski definition) is 1. The van der Waals surface area contributed by atoms with Gasteiger partial charge in [0.2, 0.25) is 0 Å². The summed E-state index contributed by atoms with van der Waals surface area (Å²) >= 11 is 0. The van der Waals surface area contributed by atoms with Crippen LogP contribution in [-0.2, 0) is 6.42 Å². The standard InChI is InChI=1S/C50H32O/c1-3-18-35-31(14-1)29-44(38-21-6-5-20-37(35)38)49-42-25-9-7-23-40(42)47(41-24-8-10-26-43(41)49)33-16-13-17-34(28-33)48-36-19-4-2-15-32(36)30-45-39-22-11-12-27-46(39)51-50(45)48/h1,3-14,16-30H,2,15H2. The Kier molecular flexibility index (Phi) is 6.15. The molecule has 0 atom stereocenters. The van der Waals surface area contributed by atoms with Crippen LogP contribution in [0.3, 0.4) is 0 Å². The van der Waals surface area contributed by atoms with E-state index < -0.39 is 0 Å². The third kappa shape index (κ3) is 4.22. The van der Waals surface area contributed by atoms with Crippen molar-refractivity contribution in [1.82, 2.24) is 0 Å². The van der Waals surface area contributed by atoms with Gasteiger partial charge in [0.25, 0.3) is 0 Å². The van der Waals surface area contributed by atoms with E-state index in [0.29, 0.717) is 0 Å². The van der Waals surface area contributed by atoms with Crippen LogP contribution in [0.15, 0.2) is 168 Å². The summed E-state index contributed by atoms with van der Waals surface area (Å²) in [6.45, 7) is 0. The lowest BCUT2D eigenvalue weighted by atomic mass is 9.83. The minimum absolute atomic E-state index is 0.935. The highest BCUT2D eigenvalue weighted by Gasteiger charge is 2.22. The van der Waals surface area contributed by atoms with Crippen LogP contribution in [0.4, 0.5) is 0 Å². The van der Waals surface area contributed by atoms with Crippen LogP contribution < -0.4 is 0 Å². The van der Waals surface area contributed by atoms with E-state index in [1.807, 2.05) is 0 Å². The molecule has 1 heterocycles. The Bertz CT molecular complexity index is 3020. The topological polar surface area (TPSA) is 13.1 Å². The molecule has 0 radical (unpaired) electrons. The molecular formula is C50H32O. The molecular weight excluding hydrogens is 617 g/mol. The second-order valence-corrected chi connectivity index (χ2v) is 13.9. The quantitative estimate of drug-likeness (QED) is 0.137. The highest BCUT2D eigenvalue weighted by Crippen LogP contribution is 2.48. The molecule has 51 heavy (non-hydrogen) atoms. The second kappa shape index (κ2) is 11.0. The highest BCUT2D eigenvalue weighted by atomic mass is 16.3. The van der Waals surface area contributed by atoms with Gasteiger partial charge in [-0.3, -0.25) is 0 Å². The van der Waals surface area contributed by atoms with E-state index in [1.165, 1.54) is 98.4 Å². The van der Waals surface area contributed by atoms with Crippen molar-refractivity contribution in [3.05, 3.63) is 175 Å². The zero-order chi connectivity index (χ0) is 33.5. The molecule has 0 unspecified atom stereocenters. The lowest BCUT2D eigenvalue weighted by molar-refractivity contribution is 0.669. The van der Waals surface area contributed by atoms with Gasteiger partial charge in [0.05, 0.1) is 0 Å². The van der Waals surface area contributed by atoms with E-state index in [2.05, 4.69) is 170 Å². The van der Waals surface area contributed by atoms with Crippen LogP contribution in [-0.4, -0.2) is 0 Å². The molecule has 9 aromatic carbocycles. The Labute approximate surface area is 295 Å². The molecule has 1 nitrogen and oxygen atoms in total. The predicted molar refractivity (Wildman–Crippen MR) is 217 cm³/mol. The number of furan rings is 1. The summed E-state index contributed by atoms with van der Waals surface area (Å²) in [5.74, 6) is 0. The van der Waals surface area contributed by atoms with E-state index in [4.69, 9.17) is 4.42 Å². The lowest BCUT2D eigenvalue weighted by Crippen LogP contribution is -1.98. The van der Waals surface area contributed by atoms with Gasteiger partial charge in [-0.1, -0.05) is 146 Å². The zero-order valence-corrected chi connectivity index (χ0v) is 28.0. The summed E-state index contributed by atoms with van der Waals surface area (Å²) in [5, 5.41) is 12.5. The van der Waals surface area contributed by atoms with Crippen LogP contribution >= 0.6 is 0 Å². The van der Waals surface area contributed by atoms with Crippen molar-refractivity contribution < 1.29 is 4.42 Å². The minimum atomic E-state index is 0.935. The molecule has 0 spiro atoms. The van der Waals surface area contributed by atoms with Crippen molar-refractivity contribution >= 4 is 71.1 Å². The van der Waals surface area contributed by atoms with Crippen LogP contribution in [0.25, 0.3) is 104 Å². The van der Waals surface area contributed by atoms with Gasteiger partial charge in [0.15, 0.2) is 0 Å². The number of aryl methyl sites for hydroxylation is 1. The fraction of sp³-hybridized carbons (Fsp3) is 0.0400. The summed E-state index contributed by atoms with van der Waals surface area (Å²) in [4.78, 5) is 0. The molecule has 0 bridgehead atoms. The monoisotopic (exact) mass is 648 g/mol. The Hall–Kier alpha value is -6.44. The number of para-hydroxylation sites is 1. The van der Waals surface area contributed by atoms with Crippen LogP contribution in [0, 0.1) is 0 Å². The molecule has 238 valence electrons. The number of benzene rings is 9. The van der Waals surface area contributed by atoms with Gasteiger partial charge in [-0.25, -0.2) is 0 Å². The van der Waals surface area contributed by atoms with Crippen LogP contribution in [0.5, 0.6) is 0 Å². The van der Waals surface area contributed by atoms with Gasteiger partial charge in [-0.2, -0.15) is 0 Å². The predicted octanol–water partition coefficient (Wildman–Crippen LogP) is 14.2. The molecule has 0 saturated carbocycles. The molecule has 0 N–H and O–H groups in total. The summed E-state index contributed by atoms with van der Waals surface area (Å²) in [6.07, 6.45) is 6.71. The number of fused-ring (bicyclic) bond motifs is 9. The molecule has 0 saturated heterocycles. The van der Waals surface area contributed by atoms with Crippen molar-refractivity contribution in [2.45, 2.75) is 12.8 Å². The normalized spacial score (nSPS) is 12.9. The van der Waals surface area contributed by atoms with Gasteiger partial charge in [-0.15, -0.1) is 0 Å². The fourth-order valence-electron chi connectivity index (χ4n) is 8.87. The molecule has 1 aromatic heterocycles. The largest absolute Gasteiger partial charge is 0.455 e. The van der Waals surface area contributed by atoms with Crippen molar-refractivity contribution in [3.63, 3.8) is 0 Å². The summed E-state index contributed by atoms with van der Waals surface area (Å²) in [7, 11) is 0. The first-order chi connectivity index (χ1) is 25.3. The van der Waals surface area contributed by atoms with E-state index in [9.17, 15) is 0 Å². The third-order valence-corrected chi connectivity index (χ3v) is 11.1. The molecule has 1 heteroatoms. The van der Waals surface area contributed by atoms with Crippen molar-refractivity contribution in [2.75, 3.05) is 0 Å². The van der Waals surface area contributed by atoms with E-state index in [-0.39, 0.29) is 0 Å². The maximum absolute atomic E-state index is 6.69. The van der Waals surface area contributed by atoms with Gasteiger partial charge in [-0.05, 0) is 119 Å². The Morgan fingerprint density at radius 2 is 1.00 bits per heavy atom. The van der Waals surface area contributed by atoms with E-state index in [0.717, 1.165) is 24.0 Å². The second-order valence-electron chi connectivity index (χ2n) is 13.9. The molecule has 1 aliphatic carbocycles. The number of allylic oxidation sites excluding steroid dienone is 1. The average molecular weight is 649 g/mol. The molecule has 10 aromatic rings. The maximum Gasteiger partial charge on any atom is 0.143 e. The maximum atomic E-state index is 6.69. The summed E-state index contributed by atoms with van der Waals surface area (Å²) < 4.78 is 6.69. The Morgan fingerprint density at radius 1 is 0.412 bits per heavy atom. The molecule has 11 rings (SSSR count). The van der Waals surface area contributed by atoms with Gasteiger partial charge in [0, 0.05) is 16.3 Å². The van der Waals surface area contributed by atoms with E-state index >= 15 is 0 Å². The Balaban J connectivity index is 1.21. The highest BCUT2D eigenvalue weighted by molar-refractivity contribution is 6.26. The van der Waals surface area contributed by atoms with Gasteiger partial charge in [0.1, 0.15) is 11.2 Å². The smallest absolute Gasteiger partial charge is 0.143 e. The molecule has 0 fully saturated rings. The lowest BCUT2D eigenvalue weighted by Gasteiger charge is -2.20. The van der Waals surface area contributed by atoms with Crippen molar-refractivity contribution in [2.24, 2.45) is 0 Å². The molecule has 0 aliphatic heterocycles. The zero-order valence-electron chi connectivity index (χ0n) is 28.0. The molecule has 1 aliphatic rings. The summed E-state index contributed by atoms with van der Waals surface area (Å²) in [5.41, 5.74) is 12.0.